The number of anilines is 1. The minimum absolute atomic E-state index is 0. The molecule has 7 heteroatoms. The van der Waals surface area contributed by atoms with E-state index in [1.54, 1.807) is 14.2 Å². The summed E-state index contributed by atoms with van der Waals surface area (Å²) in [4.78, 5) is 4.63. The van der Waals surface area contributed by atoms with Gasteiger partial charge in [-0.1, -0.05) is 18.2 Å². The maximum atomic E-state index is 5.44. The Morgan fingerprint density at radius 2 is 1.55 bits per heavy atom. The molecule has 0 aliphatic carbocycles. The topological polar surface area (TPSA) is 24.9 Å². The monoisotopic (exact) mass is 510 g/mol. The maximum absolute atomic E-state index is 5.44. The first-order chi connectivity index (χ1) is 15.5. The van der Waals surface area contributed by atoms with Gasteiger partial charge in [0.15, 0.2) is 11.5 Å². The Hall–Kier alpha value is -1.21. The molecule has 2 aromatic carbocycles. The summed E-state index contributed by atoms with van der Waals surface area (Å²) < 4.78 is 11.0. The highest BCUT2D eigenvalue weighted by molar-refractivity contribution is 8.18. The summed E-state index contributed by atoms with van der Waals surface area (Å²) in [5, 5.41) is 0. The van der Waals surface area contributed by atoms with Crippen molar-refractivity contribution in [3.05, 3.63) is 53.6 Å². The lowest BCUT2D eigenvalue weighted by molar-refractivity contribution is 0.327. The van der Waals surface area contributed by atoms with E-state index in [0.717, 1.165) is 31.0 Å². The minimum atomic E-state index is 0. The van der Waals surface area contributed by atoms with Crippen LogP contribution in [-0.4, -0.2) is 64.9 Å². The van der Waals surface area contributed by atoms with Crippen LogP contribution in [0.25, 0.3) is 0 Å². The standard InChI is InChI=1S/C26H38N2O2S2.ClH/c1-27(2)23-11-9-22(10-12-23)26(31-18-7-19-32-26)15-6-16-28(3)17-14-21-8-13-24(29-4)25(20-21)30-5;/h8-13,20H,6-7,14-19H2,1-5H3;1H. The average Bonchev–Trinajstić information content (AvgIpc) is 2.83. The van der Waals surface area contributed by atoms with Crippen LogP contribution in [0, 0.1) is 0 Å². The van der Waals surface area contributed by atoms with Crippen LogP contribution in [0.4, 0.5) is 5.69 Å². The molecule has 184 valence electrons. The van der Waals surface area contributed by atoms with Gasteiger partial charge in [0.05, 0.1) is 18.3 Å². The summed E-state index contributed by atoms with van der Waals surface area (Å²) in [5.41, 5.74) is 4.03. The molecular weight excluding hydrogens is 472 g/mol. The van der Waals surface area contributed by atoms with Gasteiger partial charge in [-0.05, 0) is 86.2 Å². The van der Waals surface area contributed by atoms with Crippen LogP contribution in [0.1, 0.15) is 30.4 Å². The molecule has 1 aliphatic heterocycles. The van der Waals surface area contributed by atoms with Gasteiger partial charge < -0.3 is 19.3 Å². The van der Waals surface area contributed by atoms with Crippen molar-refractivity contribution in [1.29, 1.82) is 0 Å². The molecule has 2 aromatic rings. The quantitative estimate of drug-likeness (QED) is 0.358. The smallest absolute Gasteiger partial charge is 0.160 e. The highest BCUT2D eigenvalue weighted by Crippen LogP contribution is 2.53. The molecule has 1 aliphatic rings. The summed E-state index contributed by atoms with van der Waals surface area (Å²) >= 11 is 4.31. The zero-order chi connectivity index (χ0) is 23.0. The summed E-state index contributed by atoms with van der Waals surface area (Å²) in [5.74, 6) is 4.12. The summed E-state index contributed by atoms with van der Waals surface area (Å²) in [6, 6.07) is 15.5. The fourth-order valence-electron chi connectivity index (χ4n) is 4.09. The Balaban J connectivity index is 0.00000385. The number of hydrogen-bond acceptors (Lipinski definition) is 6. The van der Waals surface area contributed by atoms with E-state index in [1.807, 2.05) is 6.07 Å². The second kappa shape index (κ2) is 13.6. The second-order valence-electron chi connectivity index (χ2n) is 8.59. The molecular formula is C26H39ClN2O2S2. The highest BCUT2D eigenvalue weighted by Gasteiger charge is 2.35. The van der Waals surface area contributed by atoms with E-state index in [2.05, 4.69) is 90.9 Å². The average molecular weight is 511 g/mol. The van der Waals surface area contributed by atoms with Gasteiger partial charge in [-0.2, -0.15) is 0 Å². The largest absolute Gasteiger partial charge is 0.493 e. The summed E-state index contributed by atoms with van der Waals surface area (Å²) in [6.07, 6.45) is 4.75. The Labute approximate surface area is 215 Å². The molecule has 0 saturated carbocycles. The third-order valence-corrected chi connectivity index (χ3v) is 9.56. The zero-order valence-corrected chi connectivity index (χ0v) is 23.1. The molecule has 33 heavy (non-hydrogen) atoms. The van der Waals surface area contributed by atoms with Gasteiger partial charge in [0.2, 0.25) is 0 Å². The van der Waals surface area contributed by atoms with Crippen LogP contribution in [0.2, 0.25) is 0 Å². The molecule has 4 nitrogen and oxygen atoms in total. The molecule has 0 radical (unpaired) electrons. The van der Waals surface area contributed by atoms with E-state index in [9.17, 15) is 0 Å². The Morgan fingerprint density at radius 1 is 0.879 bits per heavy atom. The van der Waals surface area contributed by atoms with Crippen molar-refractivity contribution in [3.8, 4) is 11.5 Å². The fraction of sp³-hybridized carbons (Fsp3) is 0.538. The number of methoxy groups -OCH3 is 2. The lowest BCUT2D eigenvalue weighted by atomic mass is 10.1. The number of ether oxygens (including phenoxy) is 2. The van der Waals surface area contributed by atoms with Gasteiger partial charge in [-0.15, -0.1) is 35.9 Å². The minimum Gasteiger partial charge on any atom is -0.493 e. The third-order valence-electron chi connectivity index (χ3n) is 6.06. The van der Waals surface area contributed by atoms with Crippen molar-refractivity contribution in [2.45, 2.75) is 29.8 Å². The van der Waals surface area contributed by atoms with Crippen molar-refractivity contribution in [2.24, 2.45) is 0 Å². The van der Waals surface area contributed by atoms with Crippen molar-refractivity contribution in [1.82, 2.24) is 4.90 Å². The van der Waals surface area contributed by atoms with Crippen LogP contribution >= 0.6 is 35.9 Å². The first kappa shape index (κ1) is 28.0. The Morgan fingerprint density at radius 3 is 2.15 bits per heavy atom. The number of rotatable bonds is 11. The molecule has 0 N–H and O–H groups in total. The molecule has 1 fully saturated rings. The first-order valence-corrected chi connectivity index (χ1v) is 13.4. The Bertz CT molecular complexity index is 843. The van der Waals surface area contributed by atoms with E-state index in [1.165, 1.54) is 47.6 Å². The van der Waals surface area contributed by atoms with E-state index >= 15 is 0 Å². The van der Waals surface area contributed by atoms with Crippen molar-refractivity contribution in [3.63, 3.8) is 0 Å². The SMILES string of the molecule is COc1ccc(CCN(C)CCCC2(c3ccc(N(C)C)cc3)SCCCS2)cc1OC.Cl. The lowest BCUT2D eigenvalue weighted by Gasteiger charge is -2.37. The molecule has 0 aromatic heterocycles. The summed E-state index contributed by atoms with van der Waals surface area (Å²) in [6.45, 7) is 2.16. The van der Waals surface area contributed by atoms with Gasteiger partial charge in [0.1, 0.15) is 0 Å². The highest BCUT2D eigenvalue weighted by atomic mass is 35.5. The fourth-order valence-corrected chi connectivity index (χ4v) is 7.53. The normalized spacial score (nSPS) is 15.1. The number of halogens is 1. The maximum Gasteiger partial charge on any atom is 0.160 e. The molecule has 0 unspecified atom stereocenters. The van der Waals surface area contributed by atoms with Gasteiger partial charge in [0, 0.05) is 26.3 Å². The van der Waals surface area contributed by atoms with Gasteiger partial charge >= 0.3 is 0 Å². The lowest BCUT2D eigenvalue weighted by Crippen LogP contribution is -2.27. The molecule has 0 amide bonds. The van der Waals surface area contributed by atoms with Crippen LogP contribution in [0.3, 0.4) is 0 Å². The van der Waals surface area contributed by atoms with Crippen molar-refractivity contribution >= 4 is 41.6 Å². The molecule has 0 atom stereocenters. The van der Waals surface area contributed by atoms with Crippen molar-refractivity contribution in [2.75, 3.05) is 64.9 Å². The number of benzene rings is 2. The van der Waals surface area contributed by atoms with Gasteiger partial charge in [-0.3, -0.25) is 0 Å². The predicted octanol–water partition coefficient (Wildman–Crippen LogP) is 6.17. The van der Waals surface area contributed by atoms with E-state index in [-0.39, 0.29) is 16.5 Å². The number of hydrogen-bond donors (Lipinski definition) is 0. The van der Waals surface area contributed by atoms with E-state index in [4.69, 9.17) is 9.47 Å². The molecule has 0 spiro atoms. The molecule has 0 bridgehead atoms. The predicted molar refractivity (Wildman–Crippen MR) is 149 cm³/mol. The van der Waals surface area contributed by atoms with Crippen LogP contribution in [-0.2, 0) is 10.5 Å². The van der Waals surface area contributed by atoms with Crippen LogP contribution < -0.4 is 14.4 Å². The molecule has 1 heterocycles. The Kier molecular flexibility index (Phi) is 11.6. The van der Waals surface area contributed by atoms with E-state index in [0.29, 0.717) is 0 Å². The third kappa shape index (κ3) is 7.64. The van der Waals surface area contributed by atoms with Gasteiger partial charge in [-0.25, -0.2) is 0 Å². The number of thioether (sulfide) groups is 2. The van der Waals surface area contributed by atoms with Crippen LogP contribution in [0.15, 0.2) is 42.5 Å². The number of likely N-dealkylation sites (N-methyl/N-ethyl adjacent to an activating group) is 1. The van der Waals surface area contributed by atoms with Crippen LogP contribution in [0.5, 0.6) is 11.5 Å². The number of nitrogens with zero attached hydrogens (tertiary/aromatic N) is 2. The first-order valence-electron chi connectivity index (χ1n) is 11.4. The summed E-state index contributed by atoms with van der Waals surface area (Å²) in [7, 11) is 9.82. The van der Waals surface area contributed by atoms with Crippen molar-refractivity contribution < 1.29 is 9.47 Å². The zero-order valence-electron chi connectivity index (χ0n) is 20.6. The van der Waals surface area contributed by atoms with Gasteiger partial charge in [0.25, 0.3) is 0 Å². The molecule has 1 saturated heterocycles. The van der Waals surface area contributed by atoms with E-state index < -0.39 is 0 Å². The molecule has 3 rings (SSSR count). The second-order valence-corrected chi connectivity index (χ2v) is 11.6.